The van der Waals surface area contributed by atoms with Gasteiger partial charge in [-0.3, -0.25) is 9.59 Å². The first-order valence-corrected chi connectivity index (χ1v) is 7.49. The van der Waals surface area contributed by atoms with Crippen molar-refractivity contribution in [3.05, 3.63) is 45.6 Å². The molecule has 7 heteroatoms. The number of benzene rings is 1. The quantitative estimate of drug-likeness (QED) is 0.671. The van der Waals surface area contributed by atoms with Crippen molar-refractivity contribution >= 4 is 40.3 Å². The molecule has 2 rings (SSSR count). The van der Waals surface area contributed by atoms with Gasteiger partial charge in [-0.05, 0) is 29.6 Å². The van der Waals surface area contributed by atoms with E-state index in [-0.39, 0.29) is 0 Å². The molecule has 0 saturated carbocycles. The second-order valence-electron chi connectivity index (χ2n) is 4.28. The van der Waals surface area contributed by atoms with Crippen molar-refractivity contribution in [3.63, 3.8) is 0 Å². The van der Waals surface area contributed by atoms with Crippen molar-refractivity contribution in [2.24, 2.45) is 5.92 Å². The number of rotatable bonds is 5. The van der Waals surface area contributed by atoms with E-state index in [0.717, 1.165) is 0 Å². The predicted octanol–water partition coefficient (Wildman–Crippen LogP) is 3.37. The third-order valence-corrected chi connectivity index (χ3v) is 3.86. The van der Waals surface area contributed by atoms with Gasteiger partial charge in [-0.25, -0.2) is 0 Å². The number of methoxy groups -OCH3 is 1. The Kier molecular flexibility index (Phi) is 5.15. The minimum Gasteiger partial charge on any atom is -0.495 e. The molecule has 1 aromatic heterocycles. The standard InChI is InChI=1S/C15H11ClN2O3S/c1-21-13-3-2-10(6-12(13)16)18-15(20)11(7-17)14(19)9-4-5-22-8-9/h2-6,8,11H,1H3,(H,18,20)/t11-/m1/s1. The zero-order valence-electron chi connectivity index (χ0n) is 11.5. The Morgan fingerprint density at radius 2 is 2.18 bits per heavy atom. The Hall–Kier alpha value is -2.36. The molecule has 0 saturated heterocycles. The predicted molar refractivity (Wildman–Crippen MR) is 84.4 cm³/mol. The van der Waals surface area contributed by atoms with Crippen molar-refractivity contribution < 1.29 is 14.3 Å². The lowest BCUT2D eigenvalue weighted by Crippen LogP contribution is -2.28. The van der Waals surface area contributed by atoms with Crippen LogP contribution in [-0.4, -0.2) is 18.8 Å². The van der Waals surface area contributed by atoms with Crippen molar-refractivity contribution in [2.45, 2.75) is 0 Å². The minimum absolute atomic E-state index is 0.318. The Balaban J connectivity index is 2.15. The van der Waals surface area contributed by atoms with Gasteiger partial charge in [-0.1, -0.05) is 11.6 Å². The van der Waals surface area contributed by atoms with Gasteiger partial charge in [-0.2, -0.15) is 16.6 Å². The molecule has 0 fully saturated rings. The summed E-state index contributed by atoms with van der Waals surface area (Å²) in [7, 11) is 1.48. The summed E-state index contributed by atoms with van der Waals surface area (Å²) in [5.74, 6) is -2.16. The molecule has 1 N–H and O–H groups in total. The lowest BCUT2D eigenvalue weighted by Gasteiger charge is -2.10. The molecule has 2 aromatic rings. The van der Waals surface area contributed by atoms with Gasteiger partial charge in [0.15, 0.2) is 11.7 Å². The molecule has 5 nitrogen and oxygen atoms in total. The second-order valence-corrected chi connectivity index (χ2v) is 5.46. The van der Waals surface area contributed by atoms with Crippen molar-refractivity contribution in [2.75, 3.05) is 12.4 Å². The van der Waals surface area contributed by atoms with Crippen LogP contribution in [0, 0.1) is 17.2 Å². The Bertz CT molecular complexity index is 738. The number of thiophene rings is 1. The molecule has 0 aliphatic carbocycles. The summed E-state index contributed by atoms with van der Waals surface area (Å²) < 4.78 is 5.01. The molecular formula is C15H11ClN2O3S. The zero-order chi connectivity index (χ0) is 16.1. The summed E-state index contributed by atoms with van der Waals surface area (Å²) in [6, 6.07) is 7.96. The number of Topliss-reactive ketones (excluding diaryl/α,β-unsaturated/α-hetero) is 1. The van der Waals surface area contributed by atoms with Gasteiger partial charge in [0.2, 0.25) is 5.91 Å². The molecule has 1 atom stereocenters. The fourth-order valence-corrected chi connectivity index (χ4v) is 2.67. The Morgan fingerprint density at radius 1 is 1.41 bits per heavy atom. The number of halogens is 1. The van der Waals surface area contributed by atoms with Gasteiger partial charge in [0, 0.05) is 16.6 Å². The fourth-order valence-electron chi connectivity index (χ4n) is 1.77. The van der Waals surface area contributed by atoms with Crippen LogP contribution in [0.5, 0.6) is 5.75 Å². The van der Waals surface area contributed by atoms with Crippen LogP contribution >= 0.6 is 22.9 Å². The highest BCUT2D eigenvalue weighted by Crippen LogP contribution is 2.27. The normalized spacial score (nSPS) is 11.3. The third-order valence-electron chi connectivity index (χ3n) is 2.88. The number of amides is 1. The number of hydrogen-bond acceptors (Lipinski definition) is 5. The smallest absolute Gasteiger partial charge is 0.249 e. The van der Waals surface area contributed by atoms with Crippen LogP contribution in [0.2, 0.25) is 5.02 Å². The lowest BCUT2D eigenvalue weighted by atomic mass is 10.0. The van der Waals surface area contributed by atoms with Gasteiger partial charge >= 0.3 is 0 Å². The van der Waals surface area contributed by atoms with E-state index in [1.807, 2.05) is 0 Å². The van der Waals surface area contributed by atoms with Gasteiger partial charge < -0.3 is 10.1 Å². The van der Waals surface area contributed by atoms with Crippen LogP contribution in [0.15, 0.2) is 35.0 Å². The number of hydrogen-bond donors (Lipinski definition) is 1. The molecule has 22 heavy (non-hydrogen) atoms. The van der Waals surface area contributed by atoms with Gasteiger partial charge in [0.1, 0.15) is 5.75 Å². The molecule has 0 bridgehead atoms. The van der Waals surface area contributed by atoms with Crippen molar-refractivity contribution in [1.29, 1.82) is 5.26 Å². The van der Waals surface area contributed by atoms with E-state index in [0.29, 0.717) is 22.0 Å². The van der Waals surface area contributed by atoms with Gasteiger partial charge in [0.25, 0.3) is 0 Å². The van der Waals surface area contributed by atoms with E-state index in [9.17, 15) is 9.59 Å². The fraction of sp³-hybridized carbons (Fsp3) is 0.133. The molecule has 0 spiro atoms. The number of anilines is 1. The molecule has 112 valence electrons. The molecule has 0 radical (unpaired) electrons. The Labute approximate surface area is 136 Å². The highest BCUT2D eigenvalue weighted by Gasteiger charge is 2.28. The minimum atomic E-state index is -1.41. The highest BCUT2D eigenvalue weighted by atomic mass is 35.5. The van der Waals surface area contributed by atoms with Gasteiger partial charge in [0.05, 0.1) is 18.2 Å². The van der Waals surface area contributed by atoms with Crippen molar-refractivity contribution in [1.82, 2.24) is 0 Å². The molecule has 1 amide bonds. The first-order chi connectivity index (χ1) is 10.6. The maximum absolute atomic E-state index is 12.1. The van der Waals surface area contributed by atoms with Crippen molar-refractivity contribution in [3.8, 4) is 11.8 Å². The monoisotopic (exact) mass is 334 g/mol. The average Bonchev–Trinajstić information content (AvgIpc) is 3.02. The number of ether oxygens (including phenoxy) is 1. The third kappa shape index (κ3) is 3.45. The maximum Gasteiger partial charge on any atom is 0.249 e. The number of nitriles is 1. The van der Waals surface area contributed by atoms with Crippen LogP contribution in [0.1, 0.15) is 10.4 Å². The maximum atomic E-state index is 12.1. The summed E-state index contributed by atoms with van der Waals surface area (Å²) in [4.78, 5) is 24.2. The zero-order valence-corrected chi connectivity index (χ0v) is 13.1. The summed E-state index contributed by atoms with van der Waals surface area (Å²) in [5.41, 5.74) is 0.730. The SMILES string of the molecule is COc1ccc(NC(=O)[C@H](C#N)C(=O)c2ccsc2)cc1Cl. The largest absolute Gasteiger partial charge is 0.495 e. The van der Waals surface area contributed by atoms with E-state index in [2.05, 4.69) is 5.32 Å². The van der Waals surface area contributed by atoms with Crippen LogP contribution in [0.25, 0.3) is 0 Å². The van der Waals surface area contributed by atoms with E-state index in [4.69, 9.17) is 21.6 Å². The van der Waals surface area contributed by atoms with Gasteiger partial charge in [-0.15, -0.1) is 0 Å². The van der Waals surface area contributed by atoms with E-state index < -0.39 is 17.6 Å². The lowest BCUT2D eigenvalue weighted by molar-refractivity contribution is -0.117. The molecule has 1 heterocycles. The number of carbonyl (C=O) groups is 2. The summed E-state index contributed by atoms with van der Waals surface area (Å²) in [5, 5.41) is 15.2. The second kappa shape index (κ2) is 7.07. The number of ketones is 1. The summed E-state index contributed by atoms with van der Waals surface area (Å²) in [6.07, 6.45) is 0. The topological polar surface area (TPSA) is 79.2 Å². The number of carbonyl (C=O) groups excluding carboxylic acids is 2. The number of nitrogens with zero attached hydrogens (tertiary/aromatic N) is 1. The molecule has 1 aromatic carbocycles. The van der Waals surface area contributed by atoms with Crippen LogP contribution in [0.4, 0.5) is 5.69 Å². The summed E-state index contributed by atoms with van der Waals surface area (Å²) in [6.45, 7) is 0. The molecular weight excluding hydrogens is 324 g/mol. The van der Waals surface area contributed by atoms with E-state index in [1.165, 1.54) is 24.5 Å². The summed E-state index contributed by atoms with van der Waals surface area (Å²) >= 11 is 7.29. The average molecular weight is 335 g/mol. The first kappa shape index (κ1) is 16.0. The number of nitrogens with one attached hydrogen (secondary N) is 1. The molecule has 0 aliphatic rings. The van der Waals surface area contributed by atoms with Crippen LogP contribution in [-0.2, 0) is 4.79 Å². The molecule has 0 unspecified atom stereocenters. The molecule has 0 aliphatic heterocycles. The Morgan fingerprint density at radius 3 is 2.73 bits per heavy atom. The first-order valence-electron chi connectivity index (χ1n) is 6.17. The van der Waals surface area contributed by atoms with E-state index >= 15 is 0 Å². The highest BCUT2D eigenvalue weighted by molar-refractivity contribution is 7.08. The van der Waals surface area contributed by atoms with Crippen LogP contribution < -0.4 is 10.1 Å². The van der Waals surface area contributed by atoms with E-state index in [1.54, 1.807) is 35.0 Å². The van der Waals surface area contributed by atoms with Crippen LogP contribution in [0.3, 0.4) is 0 Å².